The fourth-order valence-corrected chi connectivity index (χ4v) is 0. The zero-order valence-corrected chi connectivity index (χ0v) is 5.64. The van der Waals surface area contributed by atoms with Crippen LogP contribution >= 0.6 is 9.47 Å². The minimum Gasteiger partial charge on any atom is -0.360 e. The summed E-state index contributed by atoms with van der Waals surface area (Å²) in [4.78, 5) is 0. The predicted molar refractivity (Wildman–Crippen MR) is 40.5 cm³/mol. The molecule has 0 N–H and O–H groups in total. The van der Waals surface area contributed by atoms with Gasteiger partial charge in [0.1, 0.15) is 0 Å². The fraction of sp³-hybridized carbons (Fsp3) is 1.00. The van der Waals surface area contributed by atoms with Crippen molar-refractivity contribution in [3.05, 3.63) is 0 Å². The van der Waals surface area contributed by atoms with Gasteiger partial charge in [-0.25, -0.2) is 0 Å². The van der Waals surface area contributed by atoms with Crippen LogP contribution in [0.25, 0.3) is 0 Å². The molecule has 0 aromatic heterocycles. The first-order chi connectivity index (χ1) is 2.56. The molecule has 3 heteroatoms. The highest BCUT2D eigenvalue weighted by Crippen LogP contribution is 2.09. The third kappa shape index (κ3) is 10.9. The van der Waals surface area contributed by atoms with Gasteiger partial charge in [-0.1, -0.05) is 0 Å². The zero-order valence-electron chi connectivity index (χ0n) is 4.49. The number of hydrogen-bond donors (Lipinski definition) is 0. The first kappa shape index (κ1) is 10.8. The molecular weight excluding hydrogens is 122 g/mol. The van der Waals surface area contributed by atoms with Crippen molar-refractivity contribution < 1.29 is 4.52 Å². The van der Waals surface area contributed by atoms with Crippen molar-refractivity contribution >= 4 is 26.8 Å². The van der Waals surface area contributed by atoms with E-state index in [1.165, 1.54) is 0 Å². The topological polar surface area (TPSA) is 9.23 Å². The molecule has 1 unspecified atom stereocenters. The van der Waals surface area contributed by atoms with Crippen LogP contribution in [0, 0.1) is 0 Å². The van der Waals surface area contributed by atoms with E-state index < -0.39 is 0 Å². The first-order valence-corrected chi connectivity index (χ1v) is 2.41. The Labute approximate surface area is 58.2 Å². The lowest BCUT2D eigenvalue weighted by Crippen LogP contribution is -2.12. The highest BCUT2D eigenvalue weighted by atomic mass is 31.0. The summed E-state index contributed by atoms with van der Waals surface area (Å²) in [6.07, 6.45) is 0. The van der Waals surface area contributed by atoms with Crippen molar-refractivity contribution in [1.82, 2.24) is 0 Å². The van der Waals surface area contributed by atoms with E-state index >= 15 is 0 Å². The second kappa shape index (κ2) is 3.87. The van der Waals surface area contributed by atoms with Gasteiger partial charge in [-0.3, -0.25) is 0 Å². The molecule has 0 radical (unpaired) electrons. The molecule has 1 atom stereocenters. The van der Waals surface area contributed by atoms with Crippen LogP contribution in [0.15, 0.2) is 0 Å². The second-order valence-corrected chi connectivity index (χ2v) is 2.47. The molecule has 44 valence electrons. The van der Waals surface area contributed by atoms with Crippen molar-refractivity contribution in [2.24, 2.45) is 0 Å². The standard InChI is InChI=1S/C4H11OP.Al.3H/c1-4(2,3)5-6;;;;/h6H2,1-3H3;;;;. The zero-order chi connectivity index (χ0) is 5.21. The highest BCUT2D eigenvalue weighted by Gasteiger charge is 2.04. The molecule has 0 heterocycles. The van der Waals surface area contributed by atoms with E-state index in [9.17, 15) is 0 Å². The molecule has 0 aliphatic rings. The molecule has 0 bridgehead atoms. The molecule has 0 aromatic rings. The molecular formula is C4H14AlOP. The molecule has 0 amide bonds. The van der Waals surface area contributed by atoms with Crippen LogP contribution in [0.4, 0.5) is 0 Å². The van der Waals surface area contributed by atoms with E-state index in [-0.39, 0.29) is 23.0 Å². The highest BCUT2D eigenvalue weighted by molar-refractivity contribution is 7.09. The average molecular weight is 136 g/mol. The normalized spacial score (nSPS) is 10.3. The largest absolute Gasteiger partial charge is 0.360 e. The van der Waals surface area contributed by atoms with Crippen molar-refractivity contribution in [2.75, 3.05) is 0 Å². The Morgan fingerprint density at radius 2 is 1.43 bits per heavy atom. The van der Waals surface area contributed by atoms with Gasteiger partial charge in [0.15, 0.2) is 17.4 Å². The maximum atomic E-state index is 4.85. The summed E-state index contributed by atoms with van der Waals surface area (Å²) in [5.41, 5.74) is 0.00463. The SMILES string of the molecule is CC(C)(C)OP.[AlH3]. The summed E-state index contributed by atoms with van der Waals surface area (Å²) >= 11 is 0. The van der Waals surface area contributed by atoms with Gasteiger partial charge in [0, 0.05) is 9.47 Å². The summed E-state index contributed by atoms with van der Waals surface area (Å²) in [6, 6.07) is 0. The van der Waals surface area contributed by atoms with Crippen LogP contribution in [0.5, 0.6) is 0 Å². The molecule has 0 spiro atoms. The van der Waals surface area contributed by atoms with Crippen molar-refractivity contribution in [1.29, 1.82) is 0 Å². The predicted octanol–water partition coefficient (Wildman–Crippen LogP) is 0.408. The average Bonchev–Trinajstić information content (AvgIpc) is 1.35. The van der Waals surface area contributed by atoms with Crippen molar-refractivity contribution in [2.45, 2.75) is 26.4 Å². The molecule has 0 aliphatic carbocycles. The van der Waals surface area contributed by atoms with Gasteiger partial charge in [-0.2, -0.15) is 0 Å². The van der Waals surface area contributed by atoms with Gasteiger partial charge in [-0.15, -0.1) is 0 Å². The Morgan fingerprint density at radius 1 is 1.29 bits per heavy atom. The molecule has 7 heavy (non-hydrogen) atoms. The quantitative estimate of drug-likeness (QED) is 0.346. The van der Waals surface area contributed by atoms with E-state index in [1.807, 2.05) is 20.8 Å². The van der Waals surface area contributed by atoms with E-state index in [0.29, 0.717) is 0 Å². The van der Waals surface area contributed by atoms with Crippen LogP contribution < -0.4 is 0 Å². The summed E-state index contributed by atoms with van der Waals surface area (Å²) in [5, 5.41) is 0. The lowest BCUT2D eigenvalue weighted by molar-refractivity contribution is 0.162. The van der Waals surface area contributed by atoms with Gasteiger partial charge in [-0.05, 0) is 20.8 Å². The molecule has 0 aliphatic heterocycles. The minimum atomic E-state index is 0. The molecule has 0 saturated heterocycles. The summed E-state index contributed by atoms with van der Waals surface area (Å²) < 4.78 is 4.85. The smallest absolute Gasteiger partial charge is 0.187 e. The number of rotatable bonds is 0. The van der Waals surface area contributed by atoms with Gasteiger partial charge in [0.25, 0.3) is 0 Å². The Hall–Kier alpha value is 0.922. The van der Waals surface area contributed by atoms with Crippen LogP contribution in [0.2, 0.25) is 0 Å². The van der Waals surface area contributed by atoms with Crippen molar-refractivity contribution in [3.8, 4) is 0 Å². The van der Waals surface area contributed by atoms with Crippen LogP contribution in [-0.4, -0.2) is 23.0 Å². The van der Waals surface area contributed by atoms with E-state index in [1.54, 1.807) is 0 Å². The lowest BCUT2D eigenvalue weighted by atomic mass is 10.2. The Morgan fingerprint density at radius 3 is 1.43 bits per heavy atom. The third-order valence-corrected chi connectivity index (χ3v) is 1.06. The van der Waals surface area contributed by atoms with Crippen LogP contribution in [-0.2, 0) is 4.52 Å². The summed E-state index contributed by atoms with van der Waals surface area (Å²) in [7, 11) is 2.22. The number of hydrogen-bond acceptors (Lipinski definition) is 1. The van der Waals surface area contributed by atoms with Crippen molar-refractivity contribution in [3.63, 3.8) is 0 Å². The maximum Gasteiger partial charge on any atom is 0.187 e. The second-order valence-electron chi connectivity index (χ2n) is 2.23. The fourth-order valence-electron chi connectivity index (χ4n) is 0. The van der Waals surface area contributed by atoms with E-state index in [4.69, 9.17) is 4.52 Å². The Balaban J connectivity index is 0. The molecule has 0 saturated carbocycles. The van der Waals surface area contributed by atoms with Gasteiger partial charge >= 0.3 is 0 Å². The Bertz CT molecular complexity index is 41.4. The minimum absolute atomic E-state index is 0. The van der Waals surface area contributed by atoms with Crippen LogP contribution in [0.1, 0.15) is 20.8 Å². The lowest BCUT2D eigenvalue weighted by Gasteiger charge is -2.13. The monoisotopic (exact) mass is 136 g/mol. The molecule has 0 rings (SSSR count). The van der Waals surface area contributed by atoms with E-state index in [0.717, 1.165) is 0 Å². The molecule has 1 nitrogen and oxygen atoms in total. The van der Waals surface area contributed by atoms with E-state index in [2.05, 4.69) is 9.47 Å². The van der Waals surface area contributed by atoms with Gasteiger partial charge < -0.3 is 4.52 Å². The van der Waals surface area contributed by atoms with Gasteiger partial charge in [0.05, 0.1) is 5.60 Å². The van der Waals surface area contributed by atoms with Crippen LogP contribution in [0.3, 0.4) is 0 Å². The first-order valence-electron chi connectivity index (χ1n) is 1.94. The summed E-state index contributed by atoms with van der Waals surface area (Å²) in [5.74, 6) is 0. The Kier molecular flexibility index (Phi) is 5.98. The summed E-state index contributed by atoms with van der Waals surface area (Å²) in [6.45, 7) is 6.00. The van der Waals surface area contributed by atoms with Gasteiger partial charge in [0.2, 0.25) is 0 Å². The molecule has 0 fully saturated rings. The maximum absolute atomic E-state index is 4.85. The third-order valence-electron chi connectivity index (χ3n) is 0.354. The molecule has 0 aromatic carbocycles.